The maximum atomic E-state index is 17.1. The molecule has 7 heterocycles. The van der Waals surface area contributed by atoms with E-state index in [0.717, 1.165) is 107 Å². The number of phenols is 1. The van der Waals surface area contributed by atoms with Gasteiger partial charge in [0.05, 0.1) is 12.0 Å². The number of fused-ring (bicyclic) bond motifs is 6. The van der Waals surface area contributed by atoms with Gasteiger partial charge in [0.1, 0.15) is 28.8 Å². The first kappa shape index (κ1) is 42.7. The van der Waals surface area contributed by atoms with E-state index in [-0.39, 0.29) is 52.5 Å². The number of likely N-dealkylation sites (tertiary alicyclic amines) is 1. The maximum absolute atomic E-state index is 17.1. The molecule has 2 aromatic heterocycles. The number of carbonyl (C=O) groups excluding carboxylic acids is 3. The highest BCUT2D eigenvalue weighted by Crippen LogP contribution is 2.55. The minimum atomic E-state index is -0.607. The third-order valence-electron chi connectivity index (χ3n) is 17.1. The highest BCUT2D eigenvalue weighted by atomic mass is 19.1. The standard InChI is InChI=1S/C54H56FN9O5/c1-2-33-4-3-5-34-20-37(65)21-39(46(33)34)48-47(55)49-40(22-56-48)50(63-23-31-6-7-32(18-31)24-63)59-53(58-49)69-30-54(12-13-54)29-61-27-42-41(43(42)28-61)26-60-14-16-62(17-15-60)36-8-9-38-35(19-36)25-64(52(38)68)44-10-11-45(66)57-51(44)67/h1,3-5,8-9,19-22,31-32,41-44,65H,6-7,10-18,23-30H2,(H,57,66,67)/t31-,32-,42+,43+,44-/m0/s1. The van der Waals surface area contributed by atoms with Crippen molar-refractivity contribution < 1.29 is 28.6 Å². The summed E-state index contributed by atoms with van der Waals surface area (Å²) in [6.45, 7) is 10.8. The molecule has 5 atom stereocenters. The Kier molecular flexibility index (Phi) is 10.1. The number of aromatic nitrogens is 3. The molecule has 3 amide bonds. The lowest BCUT2D eigenvalue weighted by molar-refractivity contribution is -0.136. The van der Waals surface area contributed by atoms with Crippen LogP contribution in [0, 0.1) is 53.2 Å². The van der Waals surface area contributed by atoms with Gasteiger partial charge in [0.15, 0.2) is 5.82 Å². The number of pyridine rings is 1. The molecule has 4 saturated heterocycles. The van der Waals surface area contributed by atoms with Crippen molar-refractivity contribution in [2.24, 2.45) is 35.0 Å². The third kappa shape index (κ3) is 7.62. The largest absolute Gasteiger partial charge is 0.508 e. The lowest BCUT2D eigenvalue weighted by Crippen LogP contribution is -2.52. The second-order valence-corrected chi connectivity index (χ2v) is 21.5. The van der Waals surface area contributed by atoms with Gasteiger partial charge in [-0.15, -0.1) is 6.42 Å². The summed E-state index contributed by atoms with van der Waals surface area (Å²) in [6, 6.07) is 14.3. The number of carbonyl (C=O) groups is 3. The van der Waals surface area contributed by atoms with E-state index in [4.69, 9.17) is 21.1 Å². The fourth-order valence-corrected chi connectivity index (χ4v) is 13.2. The summed E-state index contributed by atoms with van der Waals surface area (Å²) in [6.07, 6.45) is 14.0. The predicted molar refractivity (Wildman–Crippen MR) is 258 cm³/mol. The first-order valence-electron chi connectivity index (χ1n) is 25.0. The highest BCUT2D eigenvalue weighted by Gasteiger charge is 2.57. The zero-order valence-electron chi connectivity index (χ0n) is 38.7. The average Bonchev–Trinajstić information content (AvgIpc) is 4.08. The van der Waals surface area contributed by atoms with Crippen molar-refractivity contribution in [3.8, 4) is 35.4 Å². The lowest BCUT2D eigenvalue weighted by Gasteiger charge is -2.37. The number of hydrogen-bond donors (Lipinski definition) is 2. The number of anilines is 2. The van der Waals surface area contributed by atoms with Crippen LogP contribution in [0.3, 0.4) is 0 Å². The number of terminal acetylenes is 1. The van der Waals surface area contributed by atoms with E-state index >= 15 is 4.39 Å². The number of amides is 3. The number of rotatable bonds is 11. The second-order valence-electron chi connectivity index (χ2n) is 21.5. The second kappa shape index (κ2) is 16.4. The number of imide groups is 1. The summed E-state index contributed by atoms with van der Waals surface area (Å²) >= 11 is 0. The van der Waals surface area contributed by atoms with Gasteiger partial charge >= 0.3 is 6.01 Å². The van der Waals surface area contributed by atoms with Gasteiger partial charge in [0.25, 0.3) is 5.91 Å². The number of halogens is 1. The summed E-state index contributed by atoms with van der Waals surface area (Å²) in [5.74, 6) is 5.35. The normalized spacial score (nSPS) is 27.2. The Morgan fingerprint density at radius 3 is 2.45 bits per heavy atom. The van der Waals surface area contributed by atoms with Crippen molar-refractivity contribution in [3.63, 3.8) is 0 Å². The summed E-state index contributed by atoms with van der Waals surface area (Å²) < 4.78 is 23.7. The predicted octanol–water partition coefficient (Wildman–Crippen LogP) is 5.83. The Balaban J connectivity index is 0.647. The molecule has 5 aromatic rings. The smallest absolute Gasteiger partial charge is 0.319 e. The number of piperazine rings is 1. The summed E-state index contributed by atoms with van der Waals surface area (Å²) in [7, 11) is 0. The molecule has 2 N–H and O–H groups in total. The van der Waals surface area contributed by atoms with Crippen LogP contribution in [0.5, 0.6) is 11.8 Å². The molecule has 3 saturated carbocycles. The van der Waals surface area contributed by atoms with Crippen LogP contribution in [0.1, 0.15) is 66.4 Å². The number of benzene rings is 3. The maximum Gasteiger partial charge on any atom is 0.319 e. The number of nitrogens with one attached hydrogen (secondary N) is 1. The minimum absolute atomic E-state index is 0.00242. The Morgan fingerprint density at radius 2 is 1.70 bits per heavy atom. The molecule has 3 aliphatic carbocycles. The quantitative estimate of drug-likeness (QED) is 0.122. The van der Waals surface area contributed by atoms with Crippen molar-refractivity contribution in [1.82, 2.24) is 35.0 Å². The molecular formula is C54H56FN9O5. The van der Waals surface area contributed by atoms with Gasteiger partial charge in [-0.2, -0.15) is 9.97 Å². The number of aromatic hydroxyl groups is 1. The van der Waals surface area contributed by atoms with Gasteiger partial charge in [-0.3, -0.25) is 29.6 Å². The lowest BCUT2D eigenvalue weighted by atomic mass is 9.96. The SMILES string of the molecule is C#Cc1cccc2cc(O)cc(-c3ncc4c(N5C[C@H]6CC[C@@H](C6)C5)nc(OCC5(CN6C[C@@H]7C(CN8CCN(c9ccc%10c(c9)CN([C@H]9CCC(=O)NC9=O)C%10=O)CC8)[C@H]7C6)CC5)nc4c3F)c12. The molecule has 7 fully saturated rings. The van der Waals surface area contributed by atoms with Crippen molar-refractivity contribution in [3.05, 3.63) is 77.2 Å². The molecule has 0 spiro atoms. The Bertz CT molecular complexity index is 2990. The van der Waals surface area contributed by atoms with Crippen molar-refractivity contribution in [2.75, 3.05) is 81.9 Å². The third-order valence-corrected chi connectivity index (χ3v) is 17.1. The topological polar surface area (TPSA) is 148 Å². The van der Waals surface area contributed by atoms with Gasteiger partial charge in [-0.05, 0) is 115 Å². The Hall–Kier alpha value is -6.37. The van der Waals surface area contributed by atoms with E-state index in [0.29, 0.717) is 70.1 Å². The fraction of sp³-hybridized carbons (Fsp3) is 0.481. The Morgan fingerprint density at radius 1 is 0.899 bits per heavy atom. The van der Waals surface area contributed by atoms with E-state index in [1.807, 2.05) is 30.3 Å². The molecular weight excluding hydrogens is 874 g/mol. The van der Waals surface area contributed by atoms with E-state index in [1.54, 1.807) is 17.2 Å². The van der Waals surface area contributed by atoms with E-state index in [2.05, 4.69) is 41.9 Å². The first-order chi connectivity index (χ1) is 33.6. The molecule has 2 bridgehead atoms. The Labute approximate surface area is 400 Å². The average molecular weight is 930 g/mol. The van der Waals surface area contributed by atoms with Crippen LogP contribution in [-0.2, 0) is 16.1 Å². The number of piperidine rings is 3. The summed E-state index contributed by atoms with van der Waals surface area (Å²) in [5, 5.41) is 15.0. The molecule has 14 nitrogen and oxygen atoms in total. The van der Waals surface area contributed by atoms with Gasteiger partial charge in [-0.25, -0.2) is 4.39 Å². The molecule has 15 heteroatoms. The van der Waals surface area contributed by atoms with Gasteiger partial charge in [0.2, 0.25) is 11.8 Å². The monoisotopic (exact) mass is 929 g/mol. The van der Waals surface area contributed by atoms with Crippen LogP contribution in [0.15, 0.2) is 54.7 Å². The molecule has 0 unspecified atom stereocenters. The van der Waals surface area contributed by atoms with E-state index in [1.165, 1.54) is 25.3 Å². The number of phenolic OH excluding ortho intramolecular Hbond substituents is 1. The molecule has 8 aliphatic rings. The van der Waals surface area contributed by atoms with Crippen LogP contribution in [-0.4, -0.2) is 131 Å². The summed E-state index contributed by atoms with van der Waals surface area (Å²) in [5.41, 5.74) is 3.96. The van der Waals surface area contributed by atoms with Gasteiger partial charge in [-0.1, -0.05) is 18.1 Å². The highest BCUT2D eigenvalue weighted by molar-refractivity contribution is 6.06. The zero-order valence-corrected chi connectivity index (χ0v) is 38.7. The van der Waals surface area contributed by atoms with Crippen LogP contribution >= 0.6 is 0 Å². The fourth-order valence-electron chi connectivity index (χ4n) is 13.2. The van der Waals surface area contributed by atoms with Gasteiger partial charge in [0, 0.05) is 118 Å². The molecule has 0 radical (unpaired) electrons. The number of nitrogens with zero attached hydrogens (tertiary/aromatic N) is 8. The molecule has 354 valence electrons. The van der Waals surface area contributed by atoms with Crippen LogP contribution in [0.2, 0.25) is 0 Å². The molecule has 13 rings (SSSR count). The molecule has 3 aromatic carbocycles. The minimum Gasteiger partial charge on any atom is -0.508 e. The van der Waals surface area contributed by atoms with Crippen LogP contribution in [0.25, 0.3) is 32.9 Å². The van der Waals surface area contributed by atoms with Gasteiger partial charge < -0.3 is 29.4 Å². The molecule has 5 aliphatic heterocycles. The van der Waals surface area contributed by atoms with Crippen molar-refractivity contribution >= 4 is 50.9 Å². The van der Waals surface area contributed by atoms with Crippen molar-refractivity contribution in [2.45, 2.75) is 57.5 Å². The van der Waals surface area contributed by atoms with Crippen LogP contribution < -0.4 is 19.9 Å². The number of ether oxygens (including phenoxy) is 1. The summed E-state index contributed by atoms with van der Waals surface area (Å²) in [4.78, 5) is 63.5. The molecule has 69 heavy (non-hydrogen) atoms. The van der Waals surface area contributed by atoms with Crippen LogP contribution in [0.4, 0.5) is 15.9 Å². The zero-order chi connectivity index (χ0) is 46.7. The first-order valence-corrected chi connectivity index (χ1v) is 25.0. The number of hydrogen-bond acceptors (Lipinski definition) is 12. The van der Waals surface area contributed by atoms with E-state index in [9.17, 15) is 19.5 Å². The van der Waals surface area contributed by atoms with E-state index < -0.39 is 11.9 Å². The van der Waals surface area contributed by atoms with Crippen molar-refractivity contribution in [1.29, 1.82) is 0 Å².